The first-order chi connectivity index (χ1) is 9.16. The van der Waals surface area contributed by atoms with Crippen molar-refractivity contribution in [1.29, 1.82) is 0 Å². The minimum absolute atomic E-state index is 0.214. The van der Waals surface area contributed by atoms with E-state index in [1.165, 1.54) is 0 Å². The summed E-state index contributed by atoms with van der Waals surface area (Å²) in [5.74, 6) is -0.214. The molecule has 2 aromatic carbocycles. The van der Waals surface area contributed by atoms with Crippen molar-refractivity contribution in [2.75, 3.05) is 0 Å². The lowest BCUT2D eigenvalue weighted by Crippen LogP contribution is -2.24. The molecule has 0 aliphatic heterocycles. The second-order valence-corrected chi connectivity index (χ2v) is 4.52. The van der Waals surface area contributed by atoms with Crippen molar-refractivity contribution in [2.24, 2.45) is 0 Å². The summed E-state index contributed by atoms with van der Waals surface area (Å²) in [5, 5.41) is 0. The zero-order chi connectivity index (χ0) is 13.7. The predicted octanol–water partition coefficient (Wildman–Crippen LogP) is 3.17. The van der Waals surface area contributed by atoms with Crippen LogP contribution in [0.5, 0.6) is 0 Å². The van der Waals surface area contributed by atoms with Gasteiger partial charge in [0.1, 0.15) is 0 Å². The highest BCUT2D eigenvalue weighted by Gasteiger charge is 2.08. The summed E-state index contributed by atoms with van der Waals surface area (Å²) in [7, 11) is 0. The molecule has 0 spiro atoms. The highest BCUT2D eigenvalue weighted by Crippen LogP contribution is 2.10. The van der Waals surface area contributed by atoms with Crippen LogP contribution in [0.3, 0.4) is 0 Å². The number of hydrogen-bond acceptors (Lipinski definition) is 2. The van der Waals surface area contributed by atoms with Crippen LogP contribution in [0, 0.1) is 13.8 Å². The van der Waals surface area contributed by atoms with E-state index in [-0.39, 0.29) is 5.91 Å². The van der Waals surface area contributed by atoms with Crippen LogP contribution in [0.2, 0.25) is 0 Å². The highest BCUT2D eigenvalue weighted by molar-refractivity contribution is 5.94. The van der Waals surface area contributed by atoms with E-state index in [4.69, 9.17) is 4.84 Å². The molecule has 0 unspecified atom stereocenters. The third-order valence-electron chi connectivity index (χ3n) is 2.87. The molecule has 0 radical (unpaired) electrons. The number of amides is 1. The van der Waals surface area contributed by atoms with E-state index in [2.05, 4.69) is 5.48 Å². The standard InChI is InChI=1S/C16H17NO2/c1-12-8-9-15(13(2)10-12)16(18)17-19-11-14-6-4-3-5-7-14/h3-10H,11H2,1-2H3,(H,17,18). The van der Waals surface area contributed by atoms with Gasteiger partial charge in [-0.05, 0) is 31.0 Å². The maximum Gasteiger partial charge on any atom is 0.275 e. The molecule has 0 aromatic heterocycles. The van der Waals surface area contributed by atoms with E-state index in [1.807, 2.05) is 62.4 Å². The minimum atomic E-state index is -0.214. The van der Waals surface area contributed by atoms with E-state index in [0.29, 0.717) is 12.2 Å². The van der Waals surface area contributed by atoms with Crippen LogP contribution in [0.25, 0.3) is 0 Å². The summed E-state index contributed by atoms with van der Waals surface area (Å²) in [6, 6.07) is 15.4. The second-order valence-electron chi connectivity index (χ2n) is 4.52. The molecule has 3 heteroatoms. The maximum absolute atomic E-state index is 11.9. The molecular formula is C16H17NO2. The topological polar surface area (TPSA) is 38.3 Å². The molecule has 2 rings (SSSR count). The number of hydrogen-bond donors (Lipinski definition) is 1. The number of hydroxylamine groups is 1. The minimum Gasteiger partial charge on any atom is -0.269 e. The first-order valence-electron chi connectivity index (χ1n) is 6.20. The number of carbonyl (C=O) groups is 1. The fraction of sp³-hybridized carbons (Fsp3) is 0.188. The number of nitrogens with one attached hydrogen (secondary N) is 1. The zero-order valence-electron chi connectivity index (χ0n) is 11.1. The van der Waals surface area contributed by atoms with Crippen molar-refractivity contribution in [3.8, 4) is 0 Å². The summed E-state index contributed by atoms with van der Waals surface area (Å²) in [4.78, 5) is 17.2. The lowest BCUT2D eigenvalue weighted by atomic mass is 10.1. The smallest absolute Gasteiger partial charge is 0.269 e. The number of aryl methyl sites for hydroxylation is 2. The van der Waals surface area contributed by atoms with Crippen molar-refractivity contribution in [3.63, 3.8) is 0 Å². The molecule has 1 amide bonds. The Morgan fingerprint density at radius 3 is 2.53 bits per heavy atom. The first kappa shape index (κ1) is 13.3. The average molecular weight is 255 g/mol. The zero-order valence-corrected chi connectivity index (χ0v) is 11.1. The molecular weight excluding hydrogens is 238 g/mol. The SMILES string of the molecule is Cc1ccc(C(=O)NOCc2ccccc2)c(C)c1. The average Bonchev–Trinajstić information content (AvgIpc) is 2.39. The first-order valence-corrected chi connectivity index (χ1v) is 6.20. The fourth-order valence-corrected chi connectivity index (χ4v) is 1.88. The van der Waals surface area contributed by atoms with Gasteiger partial charge in [-0.1, -0.05) is 48.0 Å². The Labute approximate surface area is 113 Å². The molecule has 0 aliphatic carbocycles. The lowest BCUT2D eigenvalue weighted by Gasteiger charge is -2.08. The molecule has 0 saturated heterocycles. The summed E-state index contributed by atoms with van der Waals surface area (Å²) < 4.78 is 0. The molecule has 1 N–H and O–H groups in total. The molecule has 3 nitrogen and oxygen atoms in total. The fourth-order valence-electron chi connectivity index (χ4n) is 1.88. The van der Waals surface area contributed by atoms with E-state index in [0.717, 1.165) is 16.7 Å². The molecule has 0 fully saturated rings. The Morgan fingerprint density at radius 1 is 1.11 bits per heavy atom. The Balaban J connectivity index is 1.91. The van der Waals surface area contributed by atoms with Crippen LogP contribution in [0.4, 0.5) is 0 Å². The van der Waals surface area contributed by atoms with Gasteiger partial charge in [0, 0.05) is 5.56 Å². The van der Waals surface area contributed by atoms with Gasteiger partial charge >= 0.3 is 0 Å². The highest BCUT2D eigenvalue weighted by atomic mass is 16.6. The van der Waals surface area contributed by atoms with Gasteiger partial charge in [0.25, 0.3) is 5.91 Å². The van der Waals surface area contributed by atoms with Crippen LogP contribution in [0.1, 0.15) is 27.0 Å². The quantitative estimate of drug-likeness (QED) is 0.852. The molecule has 19 heavy (non-hydrogen) atoms. The molecule has 2 aromatic rings. The Hall–Kier alpha value is -2.13. The monoisotopic (exact) mass is 255 g/mol. The summed E-state index contributed by atoms with van der Waals surface area (Å²) in [5.41, 5.74) is 6.21. The molecule has 0 aliphatic rings. The van der Waals surface area contributed by atoms with Crippen molar-refractivity contribution in [2.45, 2.75) is 20.5 Å². The van der Waals surface area contributed by atoms with Crippen molar-refractivity contribution < 1.29 is 9.63 Å². The third kappa shape index (κ3) is 3.66. The van der Waals surface area contributed by atoms with Gasteiger partial charge < -0.3 is 0 Å². The van der Waals surface area contributed by atoms with E-state index < -0.39 is 0 Å². The molecule has 0 bridgehead atoms. The van der Waals surface area contributed by atoms with E-state index in [1.54, 1.807) is 0 Å². The maximum atomic E-state index is 11.9. The van der Waals surface area contributed by atoms with Crippen molar-refractivity contribution in [1.82, 2.24) is 5.48 Å². The molecule has 98 valence electrons. The summed E-state index contributed by atoms with van der Waals surface area (Å²) >= 11 is 0. The molecule has 0 saturated carbocycles. The van der Waals surface area contributed by atoms with Gasteiger partial charge in [0.15, 0.2) is 0 Å². The van der Waals surface area contributed by atoms with Crippen LogP contribution < -0.4 is 5.48 Å². The molecule has 0 heterocycles. The van der Waals surface area contributed by atoms with Crippen LogP contribution in [-0.2, 0) is 11.4 Å². The number of benzene rings is 2. The van der Waals surface area contributed by atoms with Crippen LogP contribution >= 0.6 is 0 Å². The lowest BCUT2D eigenvalue weighted by molar-refractivity contribution is 0.0233. The Kier molecular flexibility index (Phi) is 4.31. The molecule has 0 atom stereocenters. The summed E-state index contributed by atoms with van der Waals surface area (Å²) in [6.07, 6.45) is 0. The van der Waals surface area contributed by atoms with Gasteiger partial charge in [0.05, 0.1) is 6.61 Å². The predicted molar refractivity (Wildman–Crippen MR) is 74.6 cm³/mol. The second kappa shape index (κ2) is 6.16. The largest absolute Gasteiger partial charge is 0.275 e. The van der Waals surface area contributed by atoms with Crippen molar-refractivity contribution in [3.05, 3.63) is 70.8 Å². The Bertz CT molecular complexity index is 564. The van der Waals surface area contributed by atoms with Gasteiger partial charge in [-0.25, -0.2) is 5.48 Å². The van der Waals surface area contributed by atoms with Crippen molar-refractivity contribution >= 4 is 5.91 Å². The number of carbonyl (C=O) groups excluding carboxylic acids is 1. The van der Waals surface area contributed by atoms with Gasteiger partial charge in [-0.15, -0.1) is 0 Å². The van der Waals surface area contributed by atoms with Crippen LogP contribution in [-0.4, -0.2) is 5.91 Å². The van der Waals surface area contributed by atoms with Crippen LogP contribution in [0.15, 0.2) is 48.5 Å². The van der Waals surface area contributed by atoms with E-state index >= 15 is 0 Å². The van der Waals surface area contributed by atoms with Gasteiger partial charge in [-0.3, -0.25) is 9.63 Å². The number of rotatable bonds is 4. The third-order valence-corrected chi connectivity index (χ3v) is 2.87. The van der Waals surface area contributed by atoms with Gasteiger partial charge in [-0.2, -0.15) is 0 Å². The van der Waals surface area contributed by atoms with Gasteiger partial charge in [0.2, 0.25) is 0 Å². The summed E-state index contributed by atoms with van der Waals surface area (Å²) in [6.45, 7) is 4.27. The normalized spacial score (nSPS) is 10.2. The Morgan fingerprint density at radius 2 is 1.84 bits per heavy atom. The van der Waals surface area contributed by atoms with E-state index in [9.17, 15) is 4.79 Å².